The van der Waals surface area contributed by atoms with Gasteiger partial charge in [-0.15, -0.1) is 0 Å². The summed E-state index contributed by atoms with van der Waals surface area (Å²) in [6.07, 6.45) is -0.348. The Hall–Kier alpha value is -1.50. The van der Waals surface area contributed by atoms with E-state index in [4.69, 9.17) is 5.11 Å². The normalized spacial score (nSPS) is 11.2. The van der Waals surface area contributed by atoms with Crippen molar-refractivity contribution < 1.29 is 23.5 Å². The molecule has 0 bridgehead atoms. The first-order valence-electron chi connectivity index (χ1n) is 5.31. The summed E-state index contributed by atoms with van der Waals surface area (Å²) in [6, 6.07) is 1.71. The largest absolute Gasteiger partial charge is 0.481 e. The van der Waals surface area contributed by atoms with Gasteiger partial charge in [0.1, 0.15) is 11.6 Å². The molecule has 0 aromatic heterocycles. The van der Waals surface area contributed by atoms with Crippen LogP contribution in [0.3, 0.4) is 0 Å². The molecule has 4 nitrogen and oxygen atoms in total. The number of carboxylic acid groups (broad SMARTS) is 1. The second-order valence-electron chi connectivity index (χ2n) is 4.66. The molecule has 0 fully saturated rings. The van der Waals surface area contributed by atoms with E-state index >= 15 is 0 Å². The number of anilines is 1. The topological polar surface area (TPSA) is 66.4 Å². The summed E-state index contributed by atoms with van der Waals surface area (Å²) in [4.78, 5) is 22.5. The molecule has 19 heavy (non-hydrogen) atoms. The van der Waals surface area contributed by atoms with Crippen LogP contribution in [-0.2, 0) is 9.59 Å². The molecular weight excluding hydrogens is 324 g/mol. The maximum atomic E-state index is 13.5. The third-order valence-corrected chi connectivity index (χ3v) is 3.07. The molecule has 0 unspecified atom stereocenters. The number of carbonyl (C=O) groups is 2. The Kier molecular flexibility index (Phi) is 4.62. The van der Waals surface area contributed by atoms with Crippen molar-refractivity contribution in [3.63, 3.8) is 0 Å². The van der Waals surface area contributed by atoms with E-state index in [-0.39, 0.29) is 16.6 Å². The fourth-order valence-electron chi connectivity index (χ4n) is 1.29. The summed E-state index contributed by atoms with van der Waals surface area (Å²) in [5.74, 6) is -3.39. The lowest BCUT2D eigenvalue weighted by Crippen LogP contribution is -2.29. The molecule has 0 aliphatic carbocycles. The molecule has 0 atom stereocenters. The number of aliphatic carboxylic acids is 1. The summed E-state index contributed by atoms with van der Waals surface area (Å²) in [5.41, 5.74) is -1.61. The van der Waals surface area contributed by atoms with Gasteiger partial charge in [-0.05, 0) is 35.8 Å². The van der Waals surface area contributed by atoms with E-state index in [0.717, 1.165) is 12.1 Å². The van der Waals surface area contributed by atoms with Gasteiger partial charge in [0.25, 0.3) is 0 Å². The molecule has 0 saturated heterocycles. The number of hydrogen-bond donors (Lipinski definition) is 2. The zero-order valence-corrected chi connectivity index (χ0v) is 11.8. The molecule has 1 amide bonds. The molecule has 1 aromatic rings. The average Bonchev–Trinajstić information content (AvgIpc) is 2.24. The number of benzene rings is 1. The lowest BCUT2D eigenvalue weighted by atomic mass is 9.89. The Bertz CT molecular complexity index is 532. The van der Waals surface area contributed by atoms with Crippen LogP contribution in [0.4, 0.5) is 14.5 Å². The number of amides is 1. The van der Waals surface area contributed by atoms with Crippen LogP contribution in [0, 0.1) is 17.0 Å². The predicted octanol–water partition coefficient (Wildman–Crippen LogP) is 3.17. The van der Waals surface area contributed by atoms with E-state index in [1.54, 1.807) is 0 Å². The highest BCUT2D eigenvalue weighted by Gasteiger charge is 2.30. The maximum absolute atomic E-state index is 13.5. The highest BCUT2D eigenvalue weighted by Crippen LogP contribution is 2.25. The van der Waals surface area contributed by atoms with Crippen LogP contribution in [0.2, 0.25) is 0 Å². The van der Waals surface area contributed by atoms with Gasteiger partial charge in [-0.1, -0.05) is 0 Å². The standard InChI is InChI=1S/C12H12BrF2NO3/c1-12(2,11(18)19)5-10(17)16-9-4-7(14)6(13)3-8(9)15/h3-4H,5H2,1-2H3,(H,16,17)(H,18,19). The quantitative estimate of drug-likeness (QED) is 0.830. The Morgan fingerprint density at radius 2 is 1.89 bits per heavy atom. The minimum absolute atomic E-state index is 0.0612. The molecule has 2 N–H and O–H groups in total. The first-order chi connectivity index (χ1) is 8.63. The Morgan fingerprint density at radius 1 is 1.32 bits per heavy atom. The molecule has 0 aliphatic heterocycles. The van der Waals surface area contributed by atoms with Crippen LogP contribution >= 0.6 is 15.9 Å². The third-order valence-electron chi connectivity index (χ3n) is 2.47. The summed E-state index contributed by atoms with van der Waals surface area (Å²) in [7, 11) is 0. The van der Waals surface area contributed by atoms with Crippen LogP contribution in [0.15, 0.2) is 16.6 Å². The molecule has 0 aliphatic rings. The zero-order chi connectivity index (χ0) is 14.8. The summed E-state index contributed by atoms with van der Waals surface area (Å²) in [5, 5.41) is 11.0. The molecule has 0 radical (unpaired) electrons. The number of carbonyl (C=O) groups excluding carboxylic acids is 1. The Balaban J connectivity index is 2.84. The minimum atomic E-state index is -1.28. The van der Waals surface area contributed by atoms with Gasteiger partial charge in [0.15, 0.2) is 0 Å². The predicted molar refractivity (Wildman–Crippen MR) is 68.7 cm³/mol. The van der Waals surface area contributed by atoms with Crippen molar-refractivity contribution in [3.05, 3.63) is 28.2 Å². The lowest BCUT2D eigenvalue weighted by Gasteiger charge is -2.18. The fraction of sp³-hybridized carbons (Fsp3) is 0.333. The molecule has 0 spiro atoms. The molecule has 104 valence electrons. The first-order valence-corrected chi connectivity index (χ1v) is 6.10. The van der Waals surface area contributed by atoms with Crippen LogP contribution in [0.5, 0.6) is 0 Å². The van der Waals surface area contributed by atoms with Gasteiger partial charge in [0.2, 0.25) is 5.91 Å². The van der Waals surface area contributed by atoms with E-state index in [1.807, 2.05) is 0 Å². The molecule has 1 rings (SSSR count). The highest BCUT2D eigenvalue weighted by atomic mass is 79.9. The minimum Gasteiger partial charge on any atom is -0.481 e. The smallest absolute Gasteiger partial charge is 0.309 e. The van der Waals surface area contributed by atoms with Gasteiger partial charge >= 0.3 is 5.97 Å². The monoisotopic (exact) mass is 335 g/mol. The summed E-state index contributed by atoms with van der Waals surface area (Å²) < 4.78 is 26.6. The highest BCUT2D eigenvalue weighted by molar-refractivity contribution is 9.10. The Morgan fingerprint density at radius 3 is 2.42 bits per heavy atom. The van der Waals surface area contributed by atoms with Gasteiger partial charge in [-0.25, -0.2) is 8.78 Å². The van der Waals surface area contributed by atoms with Crippen molar-refractivity contribution in [2.75, 3.05) is 5.32 Å². The number of hydrogen-bond acceptors (Lipinski definition) is 2. The van der Waals surface area contributed by atoms with Gasteiger partial charge in [0, 0.05) is 12.5 Å². The van der Waals surface area contributed by atoms with E-state index in [1.165, 1.54) is 13.8 Å². The van der Waals surface area contributed by atoms with Crippen molar-refractivity contribution in [3.8, 4) is 0 Å². The van der Waals surface area contributed by atoms with Crippen LogP contribution in [0.1, 0.15) is 20.3 Å². The van der Waals surface area contributed by atoms with Crippen LogP contribution in [0.25, 0.3) is 0 Å². The van der Waals surface area contributed by atoms with E-state index < -0.39 is 28.9 Å². The van der Waals surface area contributed by atoms with Gasteiger partial charge < -0.3 is 10.4 Å². The van der Waals surface area contributed by atoms with E-state index in [0.29, 0.717) is 0 Å². The number of carboxylic acids is 1. The van der Waals surface area contributed by atoms with Crippen LogP contribution < -0.4 is 5.32 Å². The summed E-state index contributed by atoms with van der Waals surface area (Å²) >= 11 is 2.81. The van der Waals surface area contributed by atoms with Crippen molar-refractivity contribution in [1.82, 2.24) is 0 Å². The van der Waals surface area contributed by atoms with Gasteiger partial charge in [-0.3, -0.25) is 9.59 Å². The van der Waals surface area contributed by atoms with Crippen LogP contribution in [-0.4, -0.2) is 17.0 Å². The number of halogens is 3. The van der Waals surface area contributed by atoms with Crippen molar-refractivity contribution in [2.45, 2.75) is 20.3 Å². The van der Waals surface area contributed by atoms with Crippen molar-refractivity contribution in [1.29, 1.82) is 0 Å². The molecule has 1 aromatic carbocycles. The maximum Gasteiger partial charge on any atom is 0.309 e. The molecule has 7 heteroatoms. The number of nitrogens with one attached hydrogen (secondary N) is 1. The second-order valence-corrected chi connectivity index (χ2v) is 5.51. The SMILES string of the molecule is CC(C)(CC(=O)Nc1cc(F)c(Br)cc1F)C(=O)O. The third kappa shape index (κ3) is 3.99. The molecular formula is C12H12BrF2NO3. The number of rotatable bonds is 4. The van der Waals surface area contributed by atoms with E-state index in [2.05, 4.69) is 21.2 Å². The van der Waals surface area contributed by atoms with E-state index in [9.17, 15) is 18.4 Å². The van der Waals surface area contributed by atoms with Gasteiger partial charge in [-0.2, -0.15) is 0 Å². The molecule has 0 heterocycles. The average molecular weight is 336 g/mol. The van der Waals surface area contributed by atoms with Gasteiger partial charge in [0.05, 0.1) is 15.6 Å². The van der Waals surface area contributed by atoms with Crippen molar-refractivity contribution in [2.24, 2.45) is 5.41 Å². The summed E-state index contributed by atoms with van der Waals surface area (Å²) in [6.45, 7) is 2.74. The fourth-order valence-corrected chi connectivity index (χ4v) is 1.61. The second kappa shape index (κ2) is 5.64. The zero-order valence-electron chi connectivity index (χ0n) is 10.3. The first kappa shape index (κ1) is 15.6. The van der Waals surface area contributed by atoms with Crippen molar-refractivity contribution >= 4 is 33.5 Å². The lowest BCUT2D eigenvalue weighted by molar-refractivity contribution is -0.148. The molecule has 0 saturated carbocycles. The Labute approximate surface area is 116 Å².